The molecule has 0 aliphatic rings. The third-order valence-corrected chi connectivity index (χ3v) is 4.48. The number of alkyl halides is 3. The summed E-state index contributed by atoms with van der Waals surface area (Å²) in [5, 5.41) is 12.7. The lowest BCUT2D eigenvalue weighted by Gasteiger charge is -2.14. The normalized spacial score (nSPS) is 11.6. The fourth-order valence-electron chi connectivity index (χ4n) is 3.12. The summed E-state index contributed by atoms with van der Waals surface area (Å²) in [7, 11) is 0. The summed E-state index contributed by atoms with van der Waals surface area (Å²) < 4.78 is 45.7. The van der Waals surface area contributed by atoms with Gasteiger partial charge in [-0.25, -0.2) is 4.79 Å². The Morgan fingerprint density at radius 2 is 1.83 bits per heavy atom. The van der Waals surface area contributed by atoms with Crippen molar-refractivity contribution in [2.24, 2.45) is 0 Å². The minimum Gasteiger partial charge on any atom is -0.506 e. The van der Waals surface area contributed by atoms with Gasteiger partial charge in [0.15, 0.2) is 5.56 Å². The van der Waals surface area contributed by atoms with Gasteiger partial charge in [-0.3, -0.25) is 4.79 Å². The molecule has 0 fully saturated rings. The first kappa shape index (κ1) is 19.3. The maximum Gasteiger partial charge on any atom is 0.417 e. The lowest BCUT2D eigenvalue weighted by Crippen LogP contribution is -2.21. The van der Waals surface area contributed by atoms with Crippen LogP contribution in [0.5, 0.6) is 5.75 Å². The van der Waals surface area contributed by atoms with Crippen LogP contribution < -0.4 is 10.9 Å². The molecule has 0 atom stereocenters. The lowest BCUT2D eigenvalue weighted by molar-refractivity contribution is -0.137. The highest BCUT2D eigenvalue weighted by Gasteiger charge is 2.34. The SMILES string of the molecule is O=C(Nc1ccc(-c2ccc[nH]2)c(C(F)(F)F)c1)c1c(O)c2ccccc2oc1=O. The number of hydrogen-bond acceptors (Lipinski definition) is 4. The highest BCUT2D eigenvalue weighted by molar-refractivity contribution is 6.08. The van der Waals surface area contributed by atoms with E-state index in [0.29, 0.717) is 0 Å². The van der Waals surface area contributed by atoms with E-state index in [-0.39, 0.29) is 27.9 Å². The number of aromatic amines is 1. The van der Waals surface area contributed by atoms with Gasteiger partial charge < -0.3 is 19.8 Å². The molecule has 1 amide bonds. The Morgan fingerprint density at radius 3 is 2.53 bits per heavy atom. The standard InChI is InChI=1S/C21H13F3N2O4/c22-21(23,24)14-10-11(7-8-12(14)15-5-3-9-25-15)26-19(28)17-18(27)13-4-1-2-6-16(13)30-20(17)29/h1-10,25,27H,(H,26,28). The van der Waals surface area contributed by atoms with Gasteiger partial charge in [0, 0.05) is 23.1 Å². The summed E-state index contributed by atoms with van der Waals surface area (Å²) in [6.07, 6.45) is -3.20. The lowest BCUT2D eigenvalue weighted by atomic mass is 10.0. The number of fused-ring (bicyclic) bond motifs is 1. The van der Waals surface area contributed by atoms with Crippen LogP contribution in [0.3, 0.4) is 0 Å². The first-order valence-electron chi connectivity index (χ1n) is 8.67. The van der Waals surface area contributed by atoms with Gasteiger partial charge in [-0.05, 0) is 36.4 Å². The van der Waals surface area contributed by atoms with Crippen molar-refractivity contribution < 1.29 is 27.5 Å². The maximum absolute atomic E-state index is 13.6. The van der Waals surface area contributed by atoms with Crippen LogP contribution in [0.1, 0.15) is 15.9 Å². The molecule has 3 N–H and O–H groups in total. The van der Waals surface area contributed by atoms with E-state index in [1.807, 2.05) is 0 Å². The van der Waals surface area contributed by atoms with Gasteiger partial charge in [0.2, 0.25) is 0 Å². The van der Waals surface area contributed by atoms with Crippen LogP contribution in [0.25, 0.3) is 22.2 Å². The zero-order valence-electron chi connectivity index (χ0n) is 15.1. The molecule has 152 valence electrons. The minimum absolute atomic E-state index is 0.0752. The molecule has 0 saturated carbocycles. The number of aromatic nitrogens is 1. The van der Waals surface area contributed by atoms with Gasteiger partial charge in [0.1, 0.15) is 11.3 Å². The second-order valence-corrected chi connectivity index (χ2v) is 6.41. The molecule has 0 bridgehead atoms. The van der Waals surface area contributed by atoms with Gasteiger partial charge in [-0.1, -0.05) is 18.2 Å². The summed E-state index contributed by atoms with van der Waals surface area (Å²) in [6, 6.07) is 12.3. The number of halogens is 3. The smallest absolute Gasteiger partial charge is 0.417 e. The van der Waals surface area contributed by atoms with E-state index in [2.05, 4.69) is 10.3 Å². The van der Waals surface area contributed by atoms with Crippen LogP contribution in [-0.4, -0.2) is 16.0 Å². The van der Waals surface area contributed by atoms with Crippen molar-refractivity contribution in [3.8, 4) is 17.0 Å². The molecule has 2 heterocycles. The van der Waals surface area contributed by atoms with E-state index in [1.54, 1.807) is 18.2 Å². The molecule has 0 aliphatic carbocycles. The average Bonchev–Trinajstić information content (AvgIpc) is 3.22. The fraction of sp³-hybridized carbons (Fsp3) is 0.0476. The molecule has 6 nitrogen and oxygen atoms in total. The van der Waals surface area contributed by atoms with Crippen molar-refractivity contribution in [3.05, 3.63) is 82.3 Å². The van der Waals surface area contributed by atoms with E-state index in [0.717, 1.165) is 6.07 Å². The topological polar surface area (TPSA) is 95.3 Å². The van der Waals surface area contributed by atoms with E-state index in [4.69, 9.17) is 4.42 Å². The monoisotopic (exact) mass is 414 g/mol. The number of carbonyl (C=O) groups excluding carboxylic acids is 1. The molecule has 2 aromatic heterocycles. The highest BCUT2D eigenvalue weighted by atomic mass is 19.4. The van der Waals surface area contributed by atoms with Crippen molar-refractivity contribution in [2.75, 3.05) is 5.32 Å². The van der Waals surface area contributed by atoms with Gasteiger partial charge in [0.05, 0.1) is 10.9 Å². The molecular formula is C21H13F3N2O4. The number of rotatable bonds is 3. The number of anilines is 1. The van der Waals surface area contributed by atoms with E-state index in [1.165, 1.54) is 36.5 Å². The second kappa shape index (κ2) is 7.11. The third-order valence-electron chi connectivity index (χ3n) is 4.48. The molecular weight excluding hydrogens is 401 g/mol. The van der Waals surface area contributed by atoms with Crippen LogP contribution in [0.2, 0.25) is 0 Å². The van der Waals surface area contributed by atoms with Gasteiger partial charge in [-0.2, -0.15) is 13.2 Å². The second-order valence-electron chi connectivity index (χ2n) is 6.41. The summed E-state index contributed by atoms with van der Waals surface area (Å²) in [6.45, 7) is 0. The summed E-state index contributed by atoms with van der Waals surface area (Å²) >= 11 is 0. The quantitative estimate of drug-likeness (QED) is 0.421. The van der Waals surface area contributed by atoms with Gasteiger partial charge in [-0.15, -0.1) is 0 Å². The molecule has 4 aromatic rings. The predicted octanol–water partition coefficient (Wildman–Crippen LogP) is 4.76. The predicted molar refractivity (Wildman–Crippen MR) is 103 cm³/mol. The molecule has 0 unspecified atom stereocenters. The third kappa shape index (κ3) is 3.41. The van der Waals surface area contributed by atoms with Crippen molar-refractivity contribution in [2.45, 2.75) is 6.18 Å². The number of para-hydroxylation sites is 1. The molecule has 30 heavy (non-hydrogen) atoms. The van der Waals surface area contributed by atoms with Crippen molar-refractivity contribution in [3.63, 3.8) is 0 Å². The van der Waals surface area contributed by atoms with Crippen LogP contribution in [0.4, 0.5) is 18.9 Å². The van der Waals surface area contributed by atoms with Gasteiger partial charge >= 0.3 is 11.8 Å². The van der Waals surface area contributed by atoms with Crippen LogP contribution >= 0.6 is 0 Å². The zero-order chi connectivity index (χ0) is 21.5. The Bertz CT molecular complexity index is 1310. The van der Waals surface area contributed by atoms with Crippen molar-refractivity contribution in [1.29, 1.82) is 0 Å². The summed E-state index contributed by atoms with van der Waals surface area (Å²) in [4.78, 5) is 27.4. The van der Waals surface area contributed by atoms with Crippen molar-refractivity contribution >= 4 is 22.6 Å². The number of nitrogens with one attached hydrogen (secondary N) is 2. The molecule has 2 aromatic carbocycles. The first-order chi connectivity index (χ1) is 14.3. The van der Waals surface area contributed by atoms with Crippen molar-refractivity contribution in [1.82, 2.24) is 4.98 Å². The van der Waals surface area contributed by atoms with E-state index >= 15 is 0 Å². The molecule has 9 heteroatoms. The summed E-state index contributed by atoms with van der Waals surface area (Å²) in [5.74, 6) is -1.70. The van der Waals surface area contributed by atoms with E-state index in [9.17, 15) is 27.9 Å². The number of amides is 1. The van der Waals surface area contributed by atoms with Gasteiger partial charge in [0.25, 0.3) is 5.91 Å². The van der Waals surface area contributed by atoms with Crippen LogP contribution in [-0.2, 0) is 6.18 Å². The number of aromatic hydroxyl groups is 1. The highest BCUT2D eigenvalue weighted by Crippen LogP contribution is 2.38. The number of H-pyrrole nitrogens is 1. The Hall–Kier alpha value is -4.01. The average molecular weight is 414 g/mol. The Labute approximate surface area is 166 Å². The number of benzene rings is 2. The van der Waals surface area contributed by atoms with E-state index < -0.39 is 34.6 Å². The zero-order valence-corrected chi connectivity index (χ0v) is 15.1. The fourth-order valence-corrected chi connectivity index (χ4v) is 3.12. The molecule has 0 saturated heterocycles. The minimum atomic E-state index is -4.69. The molecule has 4 rings (SSSR count). The molecule has 0 aliphatic heterocycles. The Kier molecular flexibility index (Phi) is 4.57. The Balaban J connectivity index is 1.74. The summed E-state index contributed by atoms with van der Waals surface area (Å²) in [5.41, 5.74) is -2.75. The maximum atomic E-state index is 13.6. The largest absolute Gasteiger partial charge is 0.506 e. The molecule has 0 spiro atoms. The Morgan fingerprint density at radius 1 is 1.07 bits per heavy atom. The number of hydrogen-bond donors (Lipinski definition) is 3. The first-order valence-corrected chi connectivity index (χ1v) is 8.67. The molecule has 0 radical (unpaired) electrons. The van der Waals surface area contributed by atoms with Crippen LogP contribution in [0.15, 0.2) is 70.0 Å². The number of carbonyl (C=O) groups is 1. The van der Waals surface area contributed by atoms with Crippen LogP contribution in [0, 0.1) is 0 Å².